The maximum Gasteiger partial charge on any atom is 0.258 e. The Balaban J connectivity index is 0.000000143. The fourth-order valence-corrected chi connectivity index (χ4v) is 16.4. The Hall–Kier alpha value is -15.2. The predicted molar refractivity (Wildman–Crippen MR) is 557 cm³/mol. The first-order valence-electron chi connectivity index (χ1n) is 49.3. The Bertz CT molecular complexity index is 6880. The Labute approximate surface area is 835 Å². The molecule has 17 aromatic rings. The Kier molecular flexibility index (Phi) is 37.6. The van der Waals surface area contributed by atoms with Gasteiger partial charge in [0.25, 0.3) is 29.5 Å². The molecule has 0 radical (unpaired) electrons. The molecule has 0 atom stereocenters. The molecule has 0 bridgehead atoms. The van der Waals surface area contributed by atoms with Crippen molar-refractivity contribution in [2.24, 2.45) is 0 Å². The van der Waals surface area contributed by atoms with Crippen LogP contribution in [0, 0.1) is 20.8 Å². The van der Waals surface area contributed by atoms with Crippen molar-refractivity contribution in [1.82, 2.24) is 80.7 Å². The zero-order valence-corrected chi connectivity index (χ0v) is 84.9. The number of aryl methyl sites for hydroxylation is 3. The number of H-pyrrole nitrogens is 2. The lowest BCUT2D eigenvalue weighted by Crippen LogP contribution is -2.31. The van der Waals surface area contributed by atoms with Gasteiger partial charge in [-0.1, -0.05) is 130 Å². The number of likely N-dealkylation sites (N-methyl/N-ethyl adjacent to an activating group) is 1. The summed E-state index contributed by atoms with van der Waals surface area (Å²) in [7, 11) is 4.12. The van der Waals surface area contributed by atoms with Crippen LogP contribution in [0.5, 0.6) is 57.5 Å². The molecule has 0 amide bonds. The second-order valence-electron chi connectivity index (χ2n) is 33.6. The largest absolute Gasteiger partial charge is 0.490 e. The van der Waals surface area contributed by atoms with E-state index in [2.05, 4.69) is 148 Å². The second kappa shape index (κ2) is 51.8. The molecular formula is C112H130N16O15. The number of likely N-dealkylation sites (tertiary alicyclic amines) is 1. The second-order valence-corrected chi connectivity index (χ2v) is 33.6. The van der Waals surface area contributed by atoms with E-state index in [4.69, 9.17) is 80.0 Å². The summed E-state index contributed by atoms with van der Waals surface area (Å²) in [4.78, 5) is 36.8. The lowest BCUT2D eigenvalue weighted by Gasteiger charge is -2.17. The van der Waals surface area contributed by atoms with E-state index in [-0.39, 0.29) is 0 Å². The van der Waals surface area contributed by atoms with Crippen molar-refractivity contribution in [2.45, 2.75) is 136 Å². The van der Waals surface area contributed by atoms with Crippen LogP contribution in [0.4, 0.5) is 0 Å². The highest BCUT2D eigenvalue weighted by Gasteiger charge is 2.25. The highest BCUT2D eigenvalue weighted by molar-refractivity contribution is 5.97. The van der Waals surface area contributed by atoms with E-state index in [1.165, 1.54) is 40.7 Å². The molecular weight excluding hydrogens is 1810 g/mol. The van der Waals surface area contributed by atoms with Crippen molar-refractivity contribution in [3.05, 3.63) is 240 Å². The van der Waals surface area contributed by atoms with Gasteiger partial charge in [0.05, 0.1) is 66.1 Å². The van der Waals surface area contributed by atoms with E-state index in [9.17, 15) is 0 Å². The Morgan fingerprint density at radius 2 is 0.664 bits per heavy atom. The number of nitrogens with zero attached hydrogens (tertiary/aromatic N) is 13. The summed E-state index contributed by atoms with van der Waals surface area (Å²) in [5.41, 5.74) is 18.1. The van der Waals surface area contributed by atoms with E-state index in [1.54, 1.807) is 0 Å². The van der Waals surface area contributed by atoms with Crippen LogP contribution in [0.2, 0.25) is 0 Å². The maximum absolute atomic E-state index is 5.75. The van der Waals surface area contributed by atoms with Gasteiger partial charge in [-0.05, 0) is 281 Å². The van der Waals surface area contributed by atoms with Crippen molar-refractivity contribution >= 4 is 21.8 Å². The number of hydrogen-bond acceptors (Lipinski definition) is 29. The fraction of sp³-hybridized carbons (Fsp3) is 0.339. The summed E-state index contributed by atoms with van der Waals surface area (Å²) < 4.78 is 84.2. The summed E-state index contributed by atoms with van der Waals surface area (Å²) in [5, 5.41) is 26.8. The lowest BCUT2D eigenvalue weighted by molar-refractivity contribution is 0.288. The van der Waals surface area contributed by atoms with E-state index in [1.807, 2.05) is 247 Å². The third-order valence-electron chi connectivity index (χ3n) is 23.2. The van der Waals surface area contributed by atoms with Crippen molar-refractivity contribution in [2.75, 3.05) is 119 Å². The van der Waals surface area contributed by atoms with Gasteiger partial charge in [0.15, 0.2) is 57.5 Å². The molecule has 18 rings (SSSR count). The number of nitrogens with one attached hydrogen (secondary N) is 3. The maximum atomic E-state index is 5.75. The topological polar surface area (TPSA) is 340 Å². The standard InChI is InChI=1S/C27H35N5O3.C25H28N4O3.C22H27N3O3.2C19H20N2O3/c1-5-32(6-2)15-14-28-17-20-18-29-22-11-9-10-21(25(20)22)26-30-27(35-31-26)19-12-13-23(33-7-3)24(16-19)34-8-4;1-3-30-21-11-10-17(14-22(21)31-4-2)25-27-24(28-32-25)19-8-7-9-20-23(19)18(15-26-20)16-29-12-5-6-13-29;1-6-26-19-11-10-17(13-20(19)27-7-2)22-23-21(24-28-22)16-8-9-18(14-25(4)5)15(3)12-16;1-4-22-16-11-10-15(12-17(16)23-5-2)19-20-18(21-24-19)14-8-6-13(3)7-9-14;1-4-22-16-10-9-15(12-17(16)23-5-2)19-20-18(21-24-19)14-8-6-7-13(3)11-14/h9-13,16,18,28-29H,5-8,14-15,17H2,1-4H3;7-11,14-15,26H,3-6,12-13,16H2,1-2H3;8-13H,6-7,14H2,1-5H3;2*6-12H,4-5H2,1-3H3. The van der Waals surface area contributed by atoms with E-state index < -0.39 is 0 Å². The molecule has 10 aromatic carbocycles. The molecule has 7 aromatic heterocycles. The molecule has 0 unspecified atom stereocenters. The number of aromatic nitrogens is 12. The van der Waals surface area contributed by atoms with Gasteiger partial charge in [-0.2, -0.15) is 24.9 Å². The molecule has 143 heavy (non-hydrogen) atoms. The van der Waals surface area contributed by atoms with E-state index in [0.717, 1.165) is 142 Å². The van der Waals surface area contributed by atoms with Gasteiger partial charge in [0.1, 0.15) is 0 Å². The summed E-state index contributed by atoms with van der Waals surface area (Å²) in [6.07, 6.45) is 6.71. The fourth-order valence-electron chi connectivity index (χ4n) is 16.4. The van der Waals surface area contributed by atoms with Crippen LogP contribution in [0.15, 0.2) is 229 Å². The summed E-state index contributed by atoms with van der Waals surface area (Å²) in [6, 6.07) is 62.8. The third kappa shape index (κ3) is 27.1. The van der Waals surface area contributed by atoms with Gasteiger partial charge in [-0.15, -0.1) is 0 Å². The molecule has 1 aliphatic heterocycles. The van der Waals surface area contributed by atoms with Crippen LogP contribution in [0.3, 0.4) is 0 Å². The first kappa shape index (κ1) is 104. The first-order chi connectivity index (χ1) is 69.9. The third-order valence-corrected chi connectivity index (χ3v) is 23.2. The van der Waals surface area contributed by atoms with Crippen LogP contribution >= 0.6 is 0 Å². The Morgan fingerprint density at radius 3 is 1.03 bits per heavy atom. The van der Waals surface area contributed by atoms with Crippen LogP contribution in [-0.4, -0.2) is 195 Å². The van der Waals surface area contributed by atoms with Gasteiger partial charge >= 0.3 is 0 Å². The number of fused-ring (bicyclic) bond motifs is 2. The number of aromatic amines is 2. The van der Waals surface area contributed by atoms with Crippen molar-refractivity contribution in [3.63, 3.8) is 0 Å². The molecule has 748 valence electrons. The van der Waals surface area contributed by atoms with E-state index in [0.29, 0.717) is 182 Å². The molecule has 1 fully saturated rings. The molecule has 0 aliphatic carbocycles. The molecule has 1 aliphatic rings. The van der Waals surface area contributed by atoms with Gasteiger partial charge in [0, 0.05) is 123 Å². The highest BCUT2D eigenvalue weighted by Crippen LogP contribution is 2.42. The molecule has 0 saturated carbocycles. The quantitative estimate of drug-likeness (QED) is 0.0300. The smallest absolute Gasteiger partial charge is 0.258 e. The predicted octanol–water partition coefficient (Wildman–Crippen LogP) is 24.0. The number of benzene rings is 10. The van der Waals surface area contributed by atoms with E-state index >= 15 is 0 Å². The summed E-state index contributed by atoms with van der Waals surface area (Å²) in [6.45, 7) is 44.6. The number of ether oxygens (including phenoxy) is 10. The zero-order chi connectivity index (χ0) is 101. The van der Waals surface area contributed by atoms with Crippen molar-refractivity contribution in [1.29, 1.82) is 0 Å². The normalized spacial score (nSPS) is 11.7. The average molecular weight is 1940 g/mol. The number of hydrogen-bond donors (Lipinski definition) is 3. The van der Waals surface area contributed by atoms with Crippen LogP contribution in [0.25, 0.3) is 136 Å². The van der Waals surface area contributed by atoms with Crippen molar-refractivity contribution < 1.29 is 70.0 Å². The zero-order valence-electron chi connectivity index (χ0n) is 84.9. The molecule has 31 nitrogen and oxygen atoms in total. The van der Waals surface area contributed by atoms with Gasteiger partial charge in [0.2, 0.25) is 29.1 Å². The van der Waals surface area contributed by atoms with Crippen LogP contribution in [-0.2, 0) is 19.6 Å². The minimum Gasteiger partial charge on any atom is -0.490 e. The minimum atomic E-state index is 0.440. The number of rotatable bonds is 41. The van der Waals surface area contributed by atoms with Crippen LogP contribution < -0.4 is 52.7 Å². The lowest BCUT2D eigenvalue weighted by atomic mass is 10.0. The summed E-state index contributed by atoms with van der Waals surface area (Å²) >= 11 is 0. The molecule has 1 saturated heterocycles. The Morgan fingerprint density at radius 1 is 0.329 bits per heavy atom. The van der Waals surface area contributed by atoms with Crippen LogP contribution in [0.1, 0.15) is 129 Å². The SMILES string of the molecule is CCOc1ccc(-c2nc(-c3ccc(C)cc3)no2)cc1OCC.CCOc1ccc(-c2nc(-c3ccc(CN(C)C)c(C)c3)no2)cc1OCC.CCOc1ccc(-c2nc(-c3cccc(C)c3)no2)cc1OCC.CCOc1ccc(-c2nc(-c3cccc4[nH]cc(CN5CCCC5)c34)no2)cc1OCC.CCOc1ccc(-c2nc(-c3cccc4[nH]cc(CNCCN(CC)CC)c34)no2)cc1OCC. The van der Waals surface area contributed by atoms with Gasteiger partial charge < -0.3 is 95.1 Å². The highest BCUT2D eigenvalue weighted by atomic mass is 16.5. The van der Waals surface area contributed by atoms with Gasteiger partial charge in [-0.25, -0.2) is 0 Å². The monoisotopic (exact) mass is 1940 g/mol. The minimum absolute atomic E-state index is 0.440. The van der Waals surface area contributed by atoms with Gasteiger partial charge in [-0.3, -0.25) is 4.90 Å². The molecule has 8 heterocycles. The molecule has 31 heteroatoms. The van der Waals surface area contributed by atoms with Crippen molar-refractivity contribution in [3.8, 4) is 172 Å². The molecule has 3 N–H and O–H groups in total. The first-order valence-corrected chi connectivity index (χ1v) is 49.3. The summed E-state index contributed by atoms with van der Waals surface area (Å²) in [5.74, 6) is 12.0. The molecule has 0 spiro atoms. The average Bonchev–Trinajstić information content (AvgIpc) is 1.63.